The molecule has 0 aromatic rings. The van der Waals surface area contributed by atoms with Crippen LogP contribution in [0.4, 0.5) is 0 Å². The summed E-state index contributed by atoms with van der Waals surface area (Å²) in [5.41, 5.74) is 0. The van der Waals surface area contributed by atoms with Gasteiger partial charge in [-0.2, -0.15) is 0 Å². The molecule has 0 radical (unpaired) electrons. The van der Waals surface area contributed by atoms with E-state index in [1.807, 2.05) is 32.6 Å². The number of rotatable bonds is 6. The standard InChI is InChI=1S/C11H21NO2S2/c1-5-12(6-2)10(15)16-11(3,4)9(14)7-8-13/h13H,5-8H2,1-4H3. The Bertz CT molecular complexity index is 250. The number of ketones is 1. The first-order chi connectivity index (χ1) is 7.38. The lowest BCUT2D eigenvalue weighted by atomic mass is 10.1. The third kappa shape index (κ3) is 4.80. The zero-order valence-corrected chi connectivity index (χ0v) is 12.1. The maximum absolute atomic E-state index is 11.7. The van der Waals surface area contributed by atoms with Crippen molar-refractivity contribution in [2.75, 3.05) is 19.7 Å². The van der Waals surface area contributed by atoms with Gasteiger partial charge in [-0.1, -0.05) is 24.0 Å². The Morgan fingerprint density at radius 3 is 2.25 bits per heavy atom. The average molecular weight is 263 g/mol. The highest BCUT2D eigenvalue weighted by molar-refractivity contribution is 8.24. The van der Waals surface area contributed by atoms with E-state index in [4.69, 9.17) is 17.3 Å². The second-order valence-corrected chi connectivity index (χ2v) is 6.20. The van der Waals surface area contributed by atoms with Crippen LogP contribution in [-0.4, -0.2) is 44.6 Å². The van der Waals surface area contributed by atoms with Crippen LogP contribution in [0.15, 0.2) is 0 Å². The fraction of sp³-hybridized carbons (Fsp3) is 0.818. The molecule has 0 saturated heterocycles. The molecule has 0 rings (SSSR count). The van der Waals surface area contributed by atoms with Crippen LogP contribution < -0.4 is 0 Å². The SMILES string of the molecule is CCN(CC)C(=S)SC(C)(C)C(=O)CCO. The van der Waals surface area contributed by atoms with Crippen molar-refractivity contribution in [1.82, 2.24) is 4.90 Å². The van der Waals surface area contributed by atoms with Gasteiger partial charge in [-0.05, 0) is 27.7 Å². The molecule has 0 unspecified atom stereocenters. The minimum Gasteiger partial charge on any atom is -0.396 e. The highest BCUT2D eigenvalue weighted by Crippen LogP contribution is 2.29. The molecule has 1 N–H and O–H groups in total. The second kappa shape index (κ2) is 7.25. The summed E-state index contributed by atoms with van der Waals surface area (Å²) < 4.78 is 0.198. The number of thiocarbonyl (C=S) groups is 1. The summed E-state index contributed by atoms with van der Waals surface area (Å²) in [5, 5.41) is 8.76. The number of carbonyl (C=O) groups excluding carboxylic acids is 1. The van der Waals surface area contributed by atoms with Crippen LogP contribution in [0.25, 0.3) is 0 Å². The van der Waals surface area contributed by atoms with E-state index in [2.05, 4.69) is 0 Å². The van der Waals surface area contributed by atoms with Gasteiger partial charge in [-0.25, -0.2) is 0 Å². The minimum atomic E-state index is -0.553. The zero-order valence-electron chi connectivity index (χ0n) is 10.4. The largest absolute Gasteiger partial charge is 0.396 e. The van der Waals surface area contributed by atoms with E-state index in [0.29, 0.717) is 0 Å². The monoisotopic (exact) mass is 263 g/mol. The maximum Gasteiger partial charge on any atom is 0.151 e. The van der Waals surface area contributed by atoms with Crippen LogP contribution in [0.3, 0.4) is 0 Å². The Labute approximate surface area is 108 Å². The number of hydrogen-bond donors (Lipinski definition) is 1. The van der Waals surface area contributed by atoms with Crippen molar-refractivity contribution in [3.63, 3.8) is 0 Å². The van der Waals surface area contributed by atoms with E-state index in [-0.39, 0.29) is 18.8 Å². The first kappa shape index (κ1) is 15.9. The Morgan fingerprint density at radius 1 is 1.38 bits per heavy atom. The summed E-state index contributed by atoms with van der Waals surface area (Å²) in [5.74, 6) is 0.0366. The van der Waals surface area contributed by atoms with Crippen molar-refractivity contribution in [2.45, 2.75) is 38.9 Å². The van der Waals surface area contributed by atoms with Crippen molar-refractivity contribution in [3.05, 3.63) is 0 Å². The van der Waals surface area contributed by atoms with Crippen LogP contribution in [0.5, 0.6) is 0 Å². The predicted molar refractivity (Wildman–Crippen MR) is 73.9 cm³/mol. The van der Waals surface area contributed by atoms with E-state index in [9.17, 15) is 4.79 Å². The van der Waals surface area contributed by atoms with Crippen molar-refractivity contribution < 1.29 is 9.90 Å². The number of aliphatic hydroxyl groups is 1. The fourth-order valence-electron chi connectivity index (χ4n) is 1.22. The summed E-state index contributed by atoms with van der Waals surface area (Å²) in [4.78, 5) is 13.8. The molecule has 0 bridgehead atoms. The Balaban J connectivity index is 4.45. The number of nitrogens with zero attached hydrogens (tertiary/aromatic N) is 1. The maximum atomic E-state index is 11.7. The molecule has 16 heavy (non-hydrogen) atoms. The lowest BCUT2D eigenvalue weighted by molar-refractivity contribution is -0.121. The summed E-state index contributed by atoms with van der Waals surface area (Å²) in [7, 11) is 0. The summed E-state index contributed by atoms with van der Waals surface area (Å²) in [6.07, 6.45) is 0.195. The summed E-state index contributed by atoms with van der Waals surface area (Å²) in [6.45, 7) is 9.40. The zero-order chi connectivity index (χ0) is 12.8. The van der Waals surface area contributed by atoms with Crippen LogP contribution in [0.2, 0.25) is 0 Å². The summed E-state index contributed by atoms with van der Waals surface area (Å²) in [6, 6.07) is 0. The van der Waals surface area contributed by atoms with Crippen molar-refractivity contribution in [2.24, 2.45) is 0 Å². The van der Waals surface area contributed by atoms with Crippen molar-refractivity contribution in [1.29, 1.82) is 0 Å². The van der Waals surface area contributed by atoms with Crippen LogP contribution in [-0.2, 0) is 4.79 Å². The molecular formula is C11H21NO2S2. The Morgan fingerprint density at radius 2 is 1.88 bits per heavy atom. The van der Waals surface area contributed by atoms with E-state index < -0.39 is 4.75 Å². The van der Waals surface area contributed by atoms with E-state index >= 15 is 0 Å². The quantitative estimate of drug-likeness (QED) is 0.743. The highest BCUT2D eigenvalue weighted by Gasteiger charge is 2.30. The topological polar surface area (TPSA) is 40.5 Å². The van der Waals surface area contributed by atoms with Gasteiger partial charge in [0.1, 0.15) is 4.32 Å². The Kier molecular flexibility index (Phi) is 7.19. The molecule has 5 heteroatoms. The predicted octanol–water partition coefficient (Wildman–Crippen LogP) is 2.08. The van der Waals surface area contributed by atoms with Gasteiger partial charge in [0, 0.05) is 19.5 Å². The Hall–Kier alpha value is -0.130. The molecule has 0 fully saturated rings. The second-order valence-electron chi connectivity index (χ2n) is 3.95. The van der Waals surface area contributed by atoms with Gasteiger partial charge >= 0.3 is 0 Å². The van der Waals surface area contributed by atoms with Crippen LogP contribution in [0, 0.1) is 0 Å². The molecule has 0 amide bonds. The number of Topliss-reactive ketones (excluding diaryl/α,β-unsaturated/α-hetero) is 1. The molecule has 0 aliphatic carbocycles. The number of hydrogen-bond acceptors (Lipinski definition) is 4. The van der Waals surface area contributed by atoms with Gasteiger partial charge in [0.2, 0.25) is 0 Å². The smallest absolute Gasteiger partial charge is 0.151 e. The lowest BCUT2D eigenvalue weighted by Crippen LogP contribution is -2.35. The molecule has 3 nitrogen and oxygen atoms in total. The molecule has 0 aliphatic heterocycles. The number of thioether (sulfide) groups is 1. The van der Waals surface area contributed by atoms with E-state index in [1.165, 1.54) is 11.8 Å². The van der Waals surface area contributed by atoms with Gasteiger partial charge in [-0.3, -0.25) is 4.79 Å². The first-order valence-corrected chi connectivity index (χ1v) is 6.73. The van der Waals surface area contributed by atoms with Crippen LogP contribution >= 0.6 is 24.0 Å². The third-order valence-corrected chi connectivity index (χ3v) is 4.05. The third-order valence-electron chi connectivity index (χ3n) is 2.37. The van der Waals surface area contributed by atoms with Crippen molar-refractivity contribution >= 4 is 34.1 Å². The minimum absolute atomic E-state index is 0.0366. The van der Waals surface area contributed by atoms with Crippen LogP contribution in [0.1, 0.15) is 34.1 Å². The molecule has 0 aromatic carbocycles. The molecule has 0 atom stereocenters. The molecule has 0 aliphatic rings. The van der Waals surface area contributed by atoms with Crippen molar-refractivity contribution in [3.8, 4) is 0 Å². The van der Waals surface area contributed by atoms with Gasteiger partial charge in [0.25, 0.3) is 0 Å². The average Bonchev–Trinajstić information content (AvgIpc) is 2.19. The first-order valence-electron chi connectivity index (χ1n) is 5.51. The number of carbonyl (C=O) groups is 1. The molecule has 94 valence electrons. The van der Waals surface area contributed by atoms with Gasteiger partial charge in [0.15, 0.2) is 5.78 Å². The number of aliphatic hydroxyl groups excluding tert-OH is 1. The molecule has 0 aromatic heterocycles. The molecule has 0 heterocycles. The van der Waals surface area contributed by atoms with E-state index in [0.717, 1.165) is 17.4 Å². The molecule has 0 spiro atoms. The molecule has 0 saturated carbocycles. The molecular weight excluding hydrogens is 242 g/mol. The highest BCUT2D eigenvalue weighted by atomic mass is 32.2. The fourth-order valence-corrected chi connectivity index (χ4v) is 3.15. The van der Waals surface area contributed by atoms with E-state index in [1.54, 1.807) is 0 Å². The van der Waals surface area contributed by atoms with Gasteiger partial charge in [0.05, 0.1) is 11.4 Å². The van der Waals surface area contributed by atoms with Gasteiger partial charge < -0.3 is 10.0 Å². The lowest BCUT2D eigenvalue weighted by Gasteiger charge is -2.28. The normalized spacial score (nSPS) is 11.3. The summed E-state index contributed by atoms with van der Waals surface area (Å²) >= 11 is 6.70. The van der Waals surface area contributed by atoms with Gasteiger partial charge in [-0.15, -0.1) is 0 Å².